The SMILES string of the molecule is Cc1ccc(N(C)[C@@H]2CC[C@@H]3CN(C(=O)CCn4ccnc4)C[C@@H]32)nn1. The number of hydrogen-bond donors (Lipinski definition) is 0. The molecule has 7 heteroatoms. The van der Waals surface area contributed by atoms with E-state index in [1.165, 1.54) is 12.8 Å². The minimum Gasteiger partial charge on any atom is -0.355 e. The van der Waals surface area contributed by atoms with Crippen LogP contribution in [0, 0.1) is 18.8 Å². The summed E-state index contributed by atoms with van der Waals surface area (Å²) < 4.78 is 1.96. The van der Waals surface area contributed by atoms with Crippen LogP contribution in [-0.4, -0.2) is 56.7 Å². The fraction of sp³-hybridized carbons (Fsp3) is 0.579. The zero-order chi connectivity index (χ0) is 18.1. The van der Waals surface area contributed by atoms with Gasteiger partial charge in [-0.3, -0.25) is 4.79 Å². The molecule has 1 saturated carbocycles. The Labute approximate surface area is 154 Å². The van der Waals surface area contributed by atoms with Crippen LogP contribution in [0.4, 0.5) is 5.82 Å². The van der Waals surface area contributed by atoms with E-state index < -0.39 is 0 Å². The summed E-state index contributed by atoms with van der Waals surface area (Å²) in [6.45, 7) is 4.42. The van der Waals surface area contributed by atoms with Crippen LogP contribution in [-0.2, 0) is 11.3 Å². The van der Waals surface area contributed by atoms with E-state index in [0.717, 1.165) is 24.6 Å². The Bertz CT molecular complexity index is 744. The zero-order valence-corrected chi connectivity index (χ0v) is 15.5. The third kappa shape index (κ3) is 3.30. The monoisotopic (exact) mass is 354 g/mol. The molecule has 2 aromatic rings. The Morgan fingerprint density at radius 2 is 2.15 bits per heavy atom. The molecule has 2 aromatic heterocycles. The maximum absolute atomic E-state index is 12.6. The molecule has 1 aliphatic carbocycles. The van der Waals surface area contributed by atoms with Crippen LogP contribution in [0.25, 0.3) is 0 Å². The molecular formula is C19H26N6O. The molecular weight excluding hydrogens is 328 g/mol. The molecule has 2 fully saturated rings. The average molecular weight is 354 g/mol. The molecule has 1 saturated heterocycles. The average Bonchev–Trinajstić information content (AvgIpc) is 3.36. The molecule has 1 amide bonds. The number of anilines is 1. The molecule has 1 aliphatic heterocycles. The molecule has 4 rings (SSSR count). The normalized spacial score (nSPS) is 24.7. The van der Waals surface area contributed by atoms with Gasteiger partial charge in [-0.25, -0.2) is 4.98 Å². The van der Waals surface area contributed by atoms with E-state index in [-0.39, 0.29) is 5.91 Å². The third-order valence-electron chi connectivity index (χ3n) is 5.96. The number of hydrogen-bond acceptors (Lipinski definition) is 5. The maximum atomic E-state index is 12.6. The first-order valence-electron chi connectivity index (χ1n) is 9.38. The van der Waals surface area contributed by atoms with Crippen LogP contribution >= 0.6 is 0 Å². The topological polar surface area (TPSA) is 67.2 Å². The van der Waals surface area contributed by atoms with Crippen molar-refractivity contribution in [3.8, 4) is 0 Å². The van der Waals surface area contributed by atoms with Gasteiger partial charge in [-0.05, 0) is 37.8 Å². The summed E-state index contributed by atoms with van der Waals surface area (Å²) in [4.78, 5) is 21.0. The van der Waals surface area contributed by atoms with Gasteiger partial charge in [0, 0.05) is 57.5 Å². The van der Waals surface area contributed by atoms with Crippen molar-refractivity contribution in [3.05, 3.63) is 36.5 Å². The Morgan fingerprint density at radius 3 is 2.88 bits per heavy atom. The first-order valence-corrected chi connectivity index (χ1v) is 9.38. The lowest BCUT2D eigenvalue weighted by Crippen LogP contribution is -2.39. The highest BCUT2D eigenvalue weighted by Crippen LogP contribution is 2.41. The van der Waals surface area contributed by atoms with Crippen molar-refractivity contribution in [1.82, 2.24) is 24.6 Å². The van der Waals surface area contributed by atoms with Crippen LogP contribution in [0.5, 0.6) is 0 Å². The first kappa shape index (κ1) is 17.0. The van der Waals surface area contributed by atoms with E-state index in [2.05, 4.69) is 32.0 Å². The summed E-state index contributed by atoms with van der Waals surface area (Å²) in [5.41, 5.74) is 0.932. The van der Waals surface area contributed by atoms with E-state index in [9.17, 15) is 4.79 Å². The Hall–Kier alpha value is -2.44. The molecule has 0 aromatic carbocycles. The van der Waals surface area contributed by atoms with Gasteiger partial charge < -0.3 is 14.4 Å². The smallest absolute Gasteiger partial charge is 0.224 e. The van der Waals surface area contributed by atoms with Crippen LogP contribution in [0.3, 0.4) is 0 Å². The Kier molecular flexibility index (Phi) is 4.61. The van der Waals surface area contributed by atoms with Crippen LogP contribution in [0.1, 0.15) is 25.0 Å². The van der Waals surface area contributed by atoms with Gasteiger partial charge in [-0.1, -0.05) is 0 Å². The number of aromatic nitrogens is 4. The number of nitrogens with zero attached hydrogens (tertiary/aromatic N) is 6. The molecule has 7 nitrogen and oxygen atoms in total. The Balaban J connectivity index is 1.37. The van der Waals surface area contributed by atoms with E-state index in [4.69, 9.17) is 0 Å². The number of likely N-dealkylation sites (tertiary alicyclic amines) is 1. The fourth-order valence-corrected chi connectivity index (χ4v) is 4.47. The van der Waals surface area contributed by atoms with Gasteiger partial charge in [0.2, 0.25) is 5.91 Å². The molecule has 138 valence electrons. The van der Waals surface area contributed by atoms with E-state index in [0.29, 0.717) is 30.8 Å². The highest BCUT2D eigenvalue weighted by molar-refractivity contribution is 5.76. The van der Waals surface area contributed by atoms with Gasteiger partial charge in [0.15, 0.2) is 5.82 Å². The second-order valence-corrected chi connectivity index (χ2v) is 7.56. The minimum absolute atomic E-state index is 0.254. The van der Waals surface area contributed by atoms with Crippen molar-refractivity contribution >= 4 is 11.7 Å². The zero-order valence-electron chi connectivity index (χ0n) is 15.5. The van der Waals surface area contributed by atoms with E-state index >= 15 is 0 Å². The number of rotatable bonds is 5. The second kappa shape index (κ2) is 7.05. The summed E-state index contributed by atoms with van der Waals surface area (Å²) in [6, 6.07) is 4.48. The number of carbonyl (C=O) groups excluding carboxylic acids is 1. The molecule has 3 atom stereocenters. The van der Waals surface area contributed by atoms with Gasteiger partial charge >= 0.3 is 0 Å². The lowest BCUT2D eigenvalue weighted by atomic mass is 9.97. The summed E-state index contributed by atoms with van der Waals surface area (Å²) in [5.74, 6) is 2.31. The highest BCUT2D eigenvalue weighted by atomic mass is 16.2. The maximum Gasteiger partial charge on any atom is 0.224 e. The molecule has 0 spiro atoms. The van der Waals surface area contributed by atoms with Gasteiger partial charge in [0.25, 0.3) is 0 Å². The second-order valence-electron chi connectivity index (χ2n) is 7.56. The van der Waals surface area contributed by atoms with Gasteiger partial charge in [-0.15, -0.1) is 5.10 Å². The number of fused-ring (bicyclic) bond motifs is 1. The molecule has 0 N–H and O–H groups in total. The van der Waals surface area contributed by atoms with Crippen molar-refractivity contribution in [2.75, 3.05) is 25.0 Å². The summed E-state index contributed by atoms with van der Waals surface area (Å²) in [5, 5.41) is 8.52. The van der Waals surface area contributed by atoms with E-state index in [1.807, 2.05) is 29.8 Å². The van der Waals surface area contributed by atoms with Gasteiger partial charge in [0.1, 0.15) is 0 Å². The third-order valence-corrected chi connectivity index (χ3v) is 5.96. The molecule has 0 bridgehead atoms. The van der Waals surface area contributed by atoms with Crippen LogP contribution < -0.4 is 4.90 Å². The predicted molar refractivity (Wildman–Crippen MR) is 98.6 cm³/mol. The van der Waals surface area contributed by atoms with Crippen molar-refractivity contribution in [3.63, 3.8) is 0 Å². The molecule has 26 heavy (non-hydrogen) atoms. The minimum atomic E-state index is 0.254. The standard InChI is InChI=1S/C19H26N6O/c1-14-3-6-18(22-21-14)23(2)17-5-4-15-11-25(12-16(15)17)19(26)7-9-24-10-8-20-13-24/h3,6,8,10,13,15-17H,4-5,7,9,11-12H2,1-2H3/t15-,16+,17-/m1/s1. The number of carbonyl (C=O) groups is 1. The Morgan fingerprint density at radius 1 is 1.27 bits per heavy atom. The number of aryl methyl sites for hydroxylation is 2. The molecule has 0 unspecified atom stereocenters. The van der Waals surface area contributed by atoms with Crippen LogP contribution in [0.2, 0.25) is 0 Å². The van der Waals surface area contributed by atoms with Crippen molar-refractivity contribution in [2.45, 2.75) is 38.8 Å². The highest BCUT2D eigenvalue weighted by Gasteiger charge is 2.45. The van der Waals surface area contributed by atoms with E-state index in [1.54, 1.807) is 12.5 Å². The fourth-order valence-electron chi connectivity index (χ4n) is 4.47. The van der Waals surface area contributed by atoms with Crippen LogP contribution in [0.15, 0.2) is 30.9 Å². The summed E-state index contributed by atoms with van der Waals surface area (Å²) in [6.07, 6.45) is 8.31. The van der Waals surface area contributed by atoms with Gasteiger partial charge in [-0.2, -0.15) is 5.10 Å². The predicted octanol–water partition coefficient (Wildman–Crippen LogP) is 1.75. The molecule has 0 radical (unpaired) electrons. The lowest BCUT2D eigenvalue weighted by Gasteiger charge is -2.30. The van der Waals surface area contributed by atoms with Crippen molar-refractivity contribution in [2.24, 2.45) is 11.8 Å². The lowest BCUT2D eigenvalue weighted by molar-refractivity contribution is -0.130. The van der Waals surface area contributed by atoms with Gasteiger partial charge in [0.05, 0.1) is 12.0 Å². The molecule has 3 heterocycles. The molecule has 2 aliphatic rings. The number of amides is 1. The summed E-state index contributed by atoms with van der Waals surface area (Å²) in [7, 11) is 2.11. The largest absolute Gasteiger partial charge is 0.355 e. The van der Waals surface area contributed by atoms with Crippen molar-refractivity contribution in [1.29, 1.82) is 0 Å². The quantitative estimate of drug-likeness (QED) is 0.818. The van der Waals surface area contributed by atoms with Crippen molar-refractivity contribution < 1.29 is 4.79 Å². The first-order chi connectivity index (χ1) is 12.6. The summed E-state index contributed by atoms with van der Waals surface area (Å²) >= 11 is 0. The number of imidazole rings is 1.